The summed E-state index contributed by atoms with van der Waals surface area (Å²) in [6, 6.07) is 7.78. The van der Waals surface area contributed by atoms with Crippen LogP contribution in [0.15, 0.2) is 33.9 Å². The lowest BCUT2D eigenvalue weighted by molar-refractivity contribution is -0.118. The lowest BCUT2D eigenvalue weighted by atomic mass is 10.2. The maximum atomic E-state index is 11.5. The molecule has 2 rings (SSSR count). The second-order valence-corrected chi connectivity index (χ2v) is 5.88. The van der Waals surface area contributed by atoms with Crippen molar-refractivity contribution in [2.45, 2.75) is 18.5 Å². The van der Waals surface area contributed by atoms with E-state index in [-0.39, 0.29) is 5.91 Å². The number of thioether (sulfide) groups is 1. The van der Waals surface area contributed by atoms with E-state index in [1.165, 1.54) is 11.8 Å². The van der Waals surface area contributed by atoms with Crippen LogP contribution in [-0.4, -0.2) is 33.4 Å². The summed E-state index contributed by atoms with van der Waals surface area (Å²) in [6.45, 7) is 2.72. The molecule has 0 aliphatic rings. The predicted molar refractivity (Wildman–Crippen MR) is 83.5 cm³/mol. The fraction of sp³-hybridized carbons (Fsp3) is 0.308. The van der Waals surface area contributed by atoms with E-state index in [0.717, 1.165) is 16.5 Å². The fourth-order valence-electron chi connectivity index (χ4n) is 1.53. The number of nitrogens with one attached hydrogen (secondary N) is 2. The lowest BCUT2D eigenvalue weighted by Crippen LogP contribution is -2.25. The van der Waals surface area contributed by atoms with E-state index in [2.05, 4.69) is 36.4 Å². The molecule has 0 atom stereocenters. The minimum Gasteiger partial charge on any atom is -0.355 e. The predicted octanol–water partition coefficient (Wildman–Crippen LogP) is 2.85. The summed E-state index contributed by atoms with van der Waals surface area (Å²) in [5.41, 5.74) is 0.947. The molecule has 2 aromatic rings. The van der Waals surface area contributed by atoms with Crippen molar-refractivity contribution in [1.29, 1.82) is 0 Å². The van der Waals surface area contributed by atoms with Crippen LogP contribution in [0.4, 0.5) is 0 Å². The zero-order chi connectivity index (χ0) is 14.4. The molecule has 106 valence electrons. The number of benzene rings is 1. The van der Waals surface area contributed by atoms with Crippen molar-refractivity contribution in [2.75, 3.05) is 12.3 Å². The largest absolute Gasteiger partial charge is 0.355 e. The maximum absolute atomic E-state index is 11.5. The van der Waals surface area contributed by atoms with Crippen LogP contribution in [-0.2, 0) is 4.79 Å². The molecule has 5 nitrogen and oxygen atoms in total. The zero-order valence-corrected chi connectivity index (χ0v) is 13.4. The molecule has 0 aliphatic carbocycles. The number of hydrogen-bond donors (Lipinski definition) is 2. The number of amides is 1. The molecule has 20 heavy (non-hydrogen) atoms. The van der Waals surface area contributed by atoms with Crippen LogP contribution in [0.25, 0.3) is 11.4 Å². The Morgan fingerprint density at radius 1 is 1.45 bits per heavy atom. The Balaban J connectivity index is 1.96. The molecule has 0 saturated carbocycles. The summed E-state index contributed by atoms with van der Waals surface area (Å²) >= 11 is 4.79. The van der Waals surface area contributed by atoms with Crippen LogP contribution in [0.2, 0.25) is 0 Å². The van der Waals surface area contributed by atoms with E-state index >= 15 is 0 Å². The smallest absolute Gasteiger partial charge is 0.230 e. The van der Waals surface area contributed by atoms with Gasteiger partial charge in [0.1, 0.15) is 0 Å². The number of nitrogens with zero attached hydrogens (tertiary/aromatic N) is 2. The van der Waals surface area contributed by atoms with Gasteiger partial charge in [0.15, 0.2) is 5.82 Å². The summed E-state index contributed by atoms with van der Waals surface area (Å²) in [4.78, 5) is 15.9. The third-order valence-corrected chi connectivity index (χ3v) is 4.04. The average Bonchev–Trinajstić information content (AvgIpc) is 2.92. The van der Waals surface area contributed by atoms with Crippen LogP contribution in [0.1, 0.15) is 13.3 Å². The van der Waals surface area contributed by atoms with Gasteiger partial charge >= 0.3 is 0 Å². The monoisotopic (exact) mass is 354 g/mol. The lowest BCUT2D eigenvalue weighted by Gasteiger charge is -2.00. The summed E-state index contributed by atoms with van der Waals surface area (Å²) in [5.74, 6) is 1.02. The van der Waals surface area contributed by atoms with Crippen LogP contribution >= 0.6 is 27.7 Å². The Hall–Kier alpha value is -1.34. The van der Waals surface area contributed by atoms with Crippen LogP contribution in [0, 0.1) is 0 Å². The first-order valence-electron chi connectivity index (χ1n) is 6.27. The average molecular weight is 355 g/mol. The zero-order valence-electron chi connectivity index (χ0n) is 11.0. The fourth-order valence-corrected chi connectivity index (χ4v) is 2.63. The van der Waals surface area contributed by atoms with Crippen molar-refractivity contribution < 1.29 is 4.79 Å². The van der Waals surface area contributed by atoms with Gasteiger partial charge < -0.3 is 5.32 Å². The molecule has 1 heterocycles. The molecule has 0 bridgehead atoms. The molecule has 0 spiro atoms. The van der Waals surface area contributed by atoms with E-state index < -0.39 is 0 Å². The highest BCUT2D eigenvalue weighted by Crippen LogP contribution is 2.26. The van der Waals surface area contributed by atoms with Crippen molar-refractivity contribution in [1.82, 2.24) is 20.5 Å². The SMILES string of the molecule is CCCNC(=O)CSc1n[nH]c(-c2ccccc2Br)n1. The number of H-pyrrole nitrogens is 1. The van der Waals surface area contributed by atoms with Gasteiger partial charge in [-0.1, -0.05) is 52.8 Å². The van der Waals surface area contributed by atoms with Crippen LogP contribution < -0.4 is 5.32 Å². The van der Waals surface area contributed by atoms with E-state index in [0.29, 0.717) is 23.3 Å². The second-order valence-electron chi connectivity index (χ2n) is 4.09. The van der Waals surface area contributed by atoms with Gasteiger partial charge in [-0.3, -0.25) is 9.89 Å². The first-order chi connectivity index (χ1) is 9.70. The van der Waals surface area contributed by atoms with Gasteiger partial charge in [0, 0.05) is 16.6 Å². The molecular weight excluding hydrogens is 340 g/mol. The van der Waals surface area contributed by atoms with Crippen LogP contribution in [0.5, 0.6) is 0 Å². The minimum absolute atomic E-state index is 0.00379. The number of rotatable bonds is 6. The van der Waals surface area contributed by atoms with E-state index in [1.807, 2.05) is 31.2 Å². The number of hydrogen-bond acceptors (Lipinski definition) is 4. The van der Waals surface area contributed by atoms with Gasteiger partial charge in [-0.15, -0.1) is 5.10 Å². The van der Waals surface area contributed by atoms with Gasteiger partial charge in [-0.25, -0.2) is 4.98 Å². The molecule has 1 amide bonds. The third kappa shape index (κ3) is 4.08. The minimum atomic E-state index is 0.00379. The Morgan fingerprint density at radius 2 is 2.25 bits per heavy atom. The summed E-state index contributed by atoms with van der Waals surface area (Å²) in [7, 11) is 0. The second kappa shape index (κ2) is 7.44. The summed E-state index contributed by atoms with van der Waals surface area (Å²) in [6.07, 6.45) is 0.934. The number of carbonyl (C=O) groups excluding carboxylic acids is 1. The molecular formula is C13H15BrN4OS. The molecule has 7 heteroatoms. The Kier molecular flexibility index (Phi) is 5.60. The van der Waals surface area contributed by atoms with Gasteiger partial charge in [0.2, 0.25) is 11.1 Å². The maximum Gasteiger partial charge on any atom is 0.230 e. The van der Waals surface area contributed by atoms with Crippen molar-refractivity contribution in [3.8, 4) is 11.4 Å². The highest BCUT2D eigenvalue weighted by atomic mass is 79.9. The highest BCUT2D eigenvalue weighted by molar-refractivity contribution is 9.10. The molecule has 0 aliphatic heterocycles. The molecule has 1 aromatic heterocycles. The van der Waals surface area contributed by atoms with Gasteiger partial charge in [0.05, 0.1) is 5.75 Å². The Labute approximate surface area is 130 Å². The standard InChI is InChI=1S/C13H15BrN4OS/c1-2-7-15-11(19)8-20-13-16-12(17-18-13)9-5-3-4-6-10(9)14/h3-6H,2,7-8H2,1H3,(H,15,19)(H,16,17,18). The molecule has 0 fully saturated rings. The first kappa shape index (κ1) is 15.1. The van der Waals surface area contributed by atoms with Crippen molar-refractivity contribution >= 4 is 33.6 Å². The number of aromatic amines is 1. The van der Waals surface area contributed by atoms with Crippen molar-refractivity contribution in [2.24, 2.45) is 0 Å². The molecule has 0 saturated heterocycles. The van der Waals surface area contributed by atoms with E-state index in [1.54, 1.807) is 0 Å². The normalized spacial score (nSPS) is 10.5. The molecule has 0 radical (unpaired) electrons. The summed E-state index contributed by atoms with van der Waals surface area (Å²) < 4.78 is 0.952. The molecule has 0 unspecified atom stereocenters. The van der Waals surface area contributed by atoms with Gasteiger partial charge in [-0.05, 0) is 12.5 Å². The summed E-state index contributed by atoms with van der Waals surface area (Å²) in [5, 5.41) is 10.4. The Bertz CT molecular complexity index is 587. The van der Waals surface area contributed by atoms with Crippen molar-refractivity contribution in [3.05, 3.63) is 28.7 Å². The number of aromatic nitrogens is 3. The van der Waals surface area contributed by atoms with Crippen molar-refractivity contribution in [3.63, 3.8) is 0 Å². The molecule has 1 aromatic carbocycles. The van der Waals surface area contributed by atoms with E-state index in [9.17, 15) is 4.79 Å². The van der Waals surface area contributed by atoms with Gasteiger partial charge in [0.25, 0.3) is 0 Å². The quantitative estimate of drug-likeness (QED) is 0.782. The third-order valence-electron chi connectivity index (χ3n) is 2.50. The number of carbonyl (C=O) groups is 1. The van der Waals surface area contributed by atoms with Crippen LogP contribution in [0.3, 0.4) is 0 Å². The van der Waals surface area contributed by atoms with Gasteiger partial charge in [-0.2, -0.15) is 0 Å². The molecule has 2 N–H and O–H groups in total. The highest BCUT2D eigenvalue weighted by Gasteiger charge is 2.10. The number of halogens is 1. The Morgan fingerprint density at radius 3 is 3.00 bits per heavy atom. The van der Waals surface area contributed by atoms with E-state index in [4.69, 9.17) is 0 Å². The topological polar surface area (TPSA) is 70.7 Å². The first-order valence-corrected chi connectivity index (χ1v) is 8.05.